The maximum Gasteiger partial charge on any atom is 0.323 e. The average molecular weight is 254 g/mol. The van der Waals surface area contributed by atoms with E-state index >= 15 is 0 Å². The topological polar surface area (TPSA) is 60.9 Å². The lowest BCUT2D eigenvalue weighted by atomic mass is 9.95. The molecule has 102 valence electrons. The number of nitrogens with zero attached hydrogens (tertiary/aromatic N) is 2. The van der Waals surface area contributed by atoms with Gasteiger partial charge in [0.05, 0.1) is 0 Å². The fourth-order valence-corrected chi connectivity index (χ4v) is 2.60. The van der Waals surface area contributed by atoms with Crippen LogP contribution < -0.4 is 0 Å². The van der Waals surface area contributed by atoms with Crippen LogP contribution in [0.4, 0.5) is 4.79 Å². The van der Waals surface area contributed by atoms with Crippen molar-refractivity contribution in [2.75, 3.05) is 19.6 Å². The number of rotatable bonds is 4. The van der Waals surface area contributed by atoms with Gasteiger partial charge in [-0.1, -0.05) is 13.3 Å². The standard InChI is InChI=1S/C13H22N2O3/c1-2-10-5-7-14(8-6-10)13(18)15(9-12(16)17)11-3-4-11/h10-11H,2-9H2,1H3,(H,16,17). The third-order valence-corrected chi connectivity index (χ3v) is 4.00. The van der Waals surface area contributed by atoms with E-state index in [4.69, 9.17) is 5.11 Å². The molecule has 2 aliphatic rings. The lowest BCUT2D eigenvalue weighted by Gasteiger charge is -2.35. The third kappa shape index (κ3) is 3.15. The van der Waals surface area contributed by atoms with Gasteiger partial charge in [0.15, 0.2) is 0 Å². The molecule has 0 spiro atoms. The molecule has 0 aromatic heterocycles. The first-order valence-corrected chi connectivity index (χ1v) is 6.89. The zero-order valence-electron chi connectivity index (χ0n) is 11.0. The van der Waals surface area contributed by atoms with E-state index in [0.29, 0.717) is 0 Å². The number of likely N-dealkylation sites (tertiary alicyclic amines) is 1. The number of carbonyl (C=O) groups excluding carboxylic acids is 1. The Bertz CT molecular complexity index is 320. The average Bonchev–Trinajstić information content (AvgIpc) is 3.19. The molecule has 18 heavy (non-hydrogen) atoms. The zero-order chi connectivity index (χ0) is 13.1. The molecule has 2 rings (SSSR count). The molecule has 1 aliphatic heterocycles. The summed E-state index contributed by atoms with van der Waals surface area (Å²) in [6.45, 7) is 3.58. The summed E-state index contributed by atoms with van der Waals surface area (Å²) in [5.41, 5.74) is 0. The fraction of sp³-hybridized carbons (Fsp3) is 0.846. The van der Waals surface area contributed by atoms with Gasteiger partial charge in [-0.05, 0) is 31.6 Å². The Morgan fingerprint density at radius 3 is 2.28 bits per heavy atom. The molecule has 2 fully saturated rings. The van der Waals surface area contributed by atoms with E-state index in [-0.39, 0.29) is 18.6 Å². The molecule has 1 N–H and O–H groups in total. The fourth-order valence-electron chi connectivity index (χ4n) is 2.60. The summed E-state index contributed by atoms with van der Waals surface area (Å²) in [7, 11) is 0. The maximum atomic E-state index is 12.3. The summed E-state index contributed by atoms with van der Waals surface area (Å²) in [6, 6.07) is 0.0898. The first kappa shape index (κ1) is 13.2. The van der Waals surface area contributed by atoms with Crippen molar-refractivity contribution in [3.63, 3.8) is 0 Å². The second-order valence-corrected chi connectivity index (χ2v) is 5.37. The lowest BCUT2D eigenvalue weighted by molar-refractivity contribution is -0.137. The van der Waals surface area contributed by atoms with Crippen LogP contribution in [-0.2, 0) is 4.79 Å². The highest BCUT2D eigenvalue weighted by Crippen LogP contribution is 2.29. The number of amides is 2. The van der Waals surface area contributed by atoms with E-state index in [1.807, 2.05) is 4.90 Å². The Hall–Kier alpha value is -1.26. The molecule has 1 saturated carbocycles. The molecule has 5 heteroatoms. The molecule has 0 bridgehead atoms. The summed E-state index contributed by atoms with van der Waals surface area (Å²) >= 11 is 0. The van der Waals surface area contributed by atoms with E-state index in [2.05, 4.69) is 6.92 Å². The highest BCUT2D eigenvalue weighted by atomic mass is 16.4. The van der Waals surface area contributed by atoms with Gasteiger partial charge in [-0.15, -0.1) is 0 Å². The van der Waals surface area contributed by atoms with Crippen LogP contribution in [0.3, 0.4) is 0 Å². The Balaban J connectivity index is 1.90. The van der Waals surface area contributed by atoms with E-state index in [1.165, 1.54) is 11.3 Å². The van der Waals surface area contributed by atoms with Crippen LogP contribution in [0.5, 0.6) is 0 Å². The molecule has 1 heterocycles. The van der Waals surface area contributed by atoms with Crippen LogP contribution in [0.25, 0.3) is 0 Å². The Labute approximate surface area is 108 Å². The molecule has 0 atom stereocenters. The summed E-state index contributed by atoms with van der Waals surface area (Å²) in [6.07, 6.45) is 5.17. The summed E-state index contributed by atoms with van der Waals surface area (Å²) < 4.78 is 0. The molecule has 0 unspecified atom stereocenters. The normalized spacial score (nSPS) is 20.8. The Morgan fingerprint density at radius 1 is 1.22 bits per heavy atom. The molecule has 2 amide bonds. The van der Waals surface area contributed by atoms with Gasteiger partial charge in [-0.25, -0.2) is 4.79 Å². The summed E-state index contributed by atoms with van der Waals surface area (Å²) in [5.74, 6) is -0.193. The number of carbonyl (C=O) groups is 2. The van der Waals surface area contributed by atoms with Crippen molar-refractivity contribution in [2.45, 2.75) is 45.1 Å². The second kappa shape index (κ2) is 5.59. The molecule has 1 aliphatic carbocycles. The van der Waals surface area contributed by atoms with Gasteiger partial charge >= 0.3 is 12.0 Å². The van der Waals surface area contributed by atoms with Gasteiger partial charge in [0.25, 0.3) is 0 Å². The highest BCUT2D eigenvalue weighted by Gasteiger charge is 2.36. The van der Waals surface area contributed by atoms with Crippen molar-refractivity contribution in [1.29, 1.82) is 0 Å². The lowest BCUT2D eigenvalue weighted by Crippen LogP contribution is -2.49. The smallest absolute Gasteiger partial charge is 0.323 e. The highest BCUT2D eigenvalue weighted by molar-refractivity contribution is 5.80. The SMILES string of the molecule is CCC1CCN(C(=O)N(CC(=O)O)C2CC2)CC1. The minimum atomic E-state index is -0.918. The second-order valence-electron chi connectivity index (χ2n) is 5.37. The van der Waals surface area contributed by atoms with Crippen molar-refractivity contribution in [3.8, 4) is 0 Å². The summed E-state index contributed by atoms with van der Waals surface area (Å²) in [5, 5.41) is 8.88. The van der Waals surface area contributed by atoms with Gasteiger partial charge in [0.1, 0.15) is 6.54 Å². The number of hydrogen-bond acceptors (Lipinski definition) is 2. The van der Waals surface area contributed by atoms with Crippen LogP contribution in [0, 0.1) is 5.92 Å². The van der Waals surface area contributed by atoms with Gasteiger partial charge in [0, 0.05) is 19.1 Å². The van der Waals surface area contributed by atoms with Crippen molar-refractivity contribution in [3.05, 3.63) is 0 Å². The van der Waals surface area contributed by atoms with Crippen LogP contribution in [0.1, 0.15) is 39.0 Å². The molecule has 1 saturated heterocycles. The van der Waals surface area contributed by atoms with E-state index < -0.39 is 5.97 Å². The van der Waals surface area contributed by atoms with Crippen LogP contribution in [-0.4, -0.2) is 52.6 Å². The number of aliphatic carboxylic acids is 1. The van der Waals surface area contributed by atoms with Crippen molar-refractivity contribution >= 4 is 12.0 Å². The third-order valence-electron chi connectivity index (χ3n) is 4.00. The monoisotopic (exact) mass is 254 g/mol. The van der Waals surface area contributed by atoms with Crippen molar-refractivity contribution < 1.29 is 14.7 Å². The molecule has 0 aromatic rings. The minimum absolute atomic E-state index is 0.0746. The molecular weight excluding hydrogens is 232 g/mol. The van der Waals surface area contributed by atoms with Crippen molar-refractivity contribution in [1.82, 2.24) is 9.80 Å². The predicted molar refractivity (Wildman–Crippen MR) is 67.3 cm³/mol. The molecular formula is C13H22N2O3. The number of carboxylic acids is 1. The zero-order valence-corrected chi connectivity index (χ0v) is 11.0. The van der Waals surface area contributed by atoms with Crippen LogP contribution in [0.2, 0.25) is 0 Å². The first-order chi connectivity index (χ1) is 8.61. The molecule has 0 aromatic carbocycles. The molecule has 0 radical (unpaired) electrons. The van der Waals surface area contributed by atoms with E-state index in [1.54, 1.807) is 0 Å². The number of piperidine rings is 1. The van der Waals surface area contributed by atoms with E-state index in [0.717, 1.165) is 44.7 Å². The first-order valence-electron chi connectivity index (χ1n) is 6.89. The summed E-state index contributed by atoms with van der Waals surface area (Å²) in [4.78, 5) is 26.5. The quantitative estimate of drug-likeness (QED) is 0.831. The molecule has 5 nitrogen and oxygen atoms in total. The van der Waals surface area contributed by atoms with Crippen molar-refractivity contribution in [2.24, 2.45) is 5.92 Å². The van der Waals surface area contributed by atoms with Gasteiger partial charge in [0.2, 0.25) is 0 Å². The number of hydrogen-bond donors (Lipinski definition) is 1. The minimum Gasteiger partial charge on any atom is -0.480 e. The number of urea groups is 1. The Morgan fingerprint density at radius 2 is 1.83 bits per heavy atom. The largest absolute Gasteiger partial charge is 0.480 e. The Kier molecular flexibility index (Phi) is 4.09. The van der Waals surface area contributed by atoms with Gasteiger partial charge in [-0.2, -0.15) is 0 Å². The van der Waals surface area contributed by atoms with Crippen LogP contribution in [0.15, 0.2) is 0 Å². The van der Waals surface area contributed by atoms with Gasteiger partial charge in [-0.3, -0.25) is 4.79 Å². The predicted octanol–water partition coefficient (Wildman–Crippen LogP) is 1.78. The van der Waals surface area contributed by atoms with Crippen LogP contribution >= 0.6 is 0 Å². The van der Waals surface area contributed by atoms with Gasteiger partial charge < -0.3 is 14.9 Å². The maximum absolute atomic E-state index is 12.3. The van der Waals surface area contributed by atoms with E-state index in [9.17, 15) is 9.59 Å². The number of carboxylic acid groups (broad SMARTS) is 1.